The summed E-state index contributed by atoms with van der Waals surface area (Å²) in [7, 11) is 2.45. The molecule has 0 amide bonds. The van der Waals surface area contributed by atoms with E-state index in [-0.39, 0.29) is 13.0 Å². The van der Waals surface area contributed by atoms with Crippen molar-refractivity contribution in [3.8, 4) is 0 Å². The molecule has 82 valence electrons. The van der Waals surface area contributed by atoms with Crippen molar-refractivity contribution in [2.45, 2.75) is 12.5 Å². The van der Waals surface area contributed by atoms with Crippen molar-refractivity contribution in [3.05, 3.63) is 11.5 Å². The van der Waals surface area contributed by atoms with Crippen LogP contribution in [0.1, 0.15) is 6.42 Å². The number of hydrogen-bond donors (Lipinski definition) is 3. The molecule has 0 aliphatic rings. The number of esters is 1. The Hall–Kier alpha value is -1.27. The second-order valence-corrected chi connectivity index (χ2v) is 2.60. The minimum atomic E-state index is -1.05. The Balaban J connectivity index is 4.29. The van der Waals surface area contributed by atoms with Crippen LogP contribution in [-0.4, -0.2) is 48.2 Å². The maximum Gasteiger partial charge on any atom is 0.376 e. The molecule has 0 saturated heterocycles. The molecule has 0 heterocycles. The summed E-state index contributed by atoms with van der Waals surface area (Å²) in [6.45, 7) is -0.00148. The molecule has 0 saturated carbocycles. The van der Waals surface area contributed by atoms with Gasteiger partial charge in [0.1, 0.15) is 5.76 Å². The minimum absolute atomic E-state index is 0.00148. The number of rotatable bonds is 5. The van der Waals surface area contributed by atoms with Crippen molar-refractivity contribution in [2.24, 2.45) is 0 Å². The van der Waals surface area contributed by atoms with E-state index in [0.29, 0.717) is 0 Å². The van der Waals surface area contributed by atoms with Gasteiger partial charge in [-0.25, -0.2) is 4.79 Å². The zero-order chi connectivity index (χ0) is 11.1. The van der Waals surface area contributed by atoms with Gasteiger partial charge in [-0.05, 0) is 0 Å². The summed E-state index contributed by atoms with van der Waals surface area (Å²) in [6.07, 6.45) is -1.25. The summed E-state index contributed by atoms with van der Waals surface area (Å²) in [5.74, 6) is -2.57. The molecule has 3 N–H and O–H groups in total. The van der Waals surface area contributed by atoms with Gasteiger partial charge >= 0.3 is 5.97 Å². The third kappa shape index (κ3) is 4.11. The number of aliphatic hydroxyl groups excluding tert-OH is 3. The molecule has 6 heteroatoms. The molecule has 14 heavy (non-hydrogen) atoms. The lowest BCUT2D eigenvalue weighted by Gasteiger charge is -2.09. The van der Waals surface area contributed by atoms with Crippen molar-refractivity contribution in [1.29, 1.82) is 0 Å². The summed E-state index contributed by atoms with van der Waals surface area (Å²) in [5, 5.41) is 27.3. The van der Waals surface area contributed by atoms with Crippen LogP contribution in [0.25, 0.3) is 0 Å². The molecular weight excluding hydrogens is 192 g/mol. The normalized spacial score (nSPS) is 14.5. The topological polar surface area (TPSA) is 96.2 Å². The molecule has 0 radical (unpaired) electrons. The summed E-state index contributed by atoms with van der Waals surface area (Å²) in [6, 6.07) is 0. The second kappa shape index (κ2) is 6.22. The molecule has 0 spiro atoms. The Morgan fingerprint density at radius 2 is 1.93 bits per heavy atom. The van der Waals surface area contributed by atoms with E-state index in [1.54, 1.807) is 0 Å². The van der Waals surface area contributed by atoms with Crippen LogP contribution in [0.4, 0.5) is 0 Å². The highest BCUT2D eigenvalue weighted by Crippen LogP contribution is 2.07. The van der Waals surface area contributed by atoms with Crippen molar-refractivity contribution < 1.29 is 29.6 Å². The second-order valence-electron chi connectivity index (χ2n) is 2.60. The Labute approximate surface area is 81.4 Å². The number of methoxy groups -OCH3 is 2. The van der Waals surface area contributed by atoms with Gasteiger partial charge in [-0.3, -0.25) is 0 Å². The minimum Gasteiger partial charge on any atom is -0.508 e. The number of hydrogen-bond acceptors (Lipinski definition) is 6. The van der Waals surface area contributed by atoms with E-state index in [9.17, 15) is 4.79 Å². The highest BCUT2D eigenvalue weighted by molar-refractivity contribution is 5.86. The maximum atomic E-state index is 10.7. The first-order valence-electron chi connectivity index (χ1n) is 3.89. The third-order valence-electron chi connectivity index (χ3n) is 1.44. The SMILES string of the molecule is COCC(O)C/C(O)=C(/O)C(=O)OC. The fourth-order valence-corrected chi connectivity index (χ4v) is 0.786. The Morgan fingerprint density at radius 3 is 2.36 bits per heavy atom. The van der Waals surface area contributed by atoms with E-state index in [0.717, 1.165) is 7.11 Å². The van der Waals surface area contributed by atoms with Crippen LogP contribution in [0, 0.1) is 0 Å². The van der Waals surface area contributed by atoms with Crippen LogP contribution in [0.3, 0.4) is 0 Å². The van der Waals surface area contributed by atoms with E-state index in [4.69, 9.17) is 15.3 Å². The molecule has 0 fully saturated rings. The summed E-state index contributed by atoms with van der Waals surface area (Å²) in [4.78, 5) is 10.7. The molecule has 0 bridgehead atoms. The van der Waals surface area contributed by atoms with Gasteiger partial charge < -0.3 is 24.8 Å². The molecular formula is C8H14O6. The van der Waals surface area contributed by atoms with Crippen molar-refractivity contribution in [3.63, 3.8) is 0 Å². The summed E-state index contributed by atoms with van der Waals surface area (Å²) < 4.78 is 8.74. The van der Waals surface area contributed by atoms with Crippen LogP contribution >= 0.6 is 0 Å². The van der Waals surface area contributed by atoms with Gasteiger partial charge in [0.05, 0.1) is 19.8 Å². The highest BCUT2D eigenvalue weighted by Gasteiger charge is 2.16. The quantitative estimate of drug-likeness (QED) is 0.330. The maximum absolute atomic E-state index is 10.7. The Morgan fingerprint density at radius 1 is 1.36 bits per heavy atom. The molecule has 0 aliphatic carbocycles. The molecule has 6 nitrogen and oxygen atoms in total. The van der Waals surface area contributed by atoms with E-state index in [1.807, 2.05) is 0 Å². The molecule has 1 atom stereocenters. The first kappa shape index (κ1) is 12.7. The Bertz CT molecular complexity index is 222. The first-order chi connectivity index (χ1) is 6.52. The fraction of sp³-hybridized carbons (Fsp3) is 0.625. The molecule has 0 rings (SSSR count). The zero-order valence-corrected chi connectivity index (χ0v) is 8.06. The van der Waals surface area contributed by atoms with Gasteiger partial charge in [-0.1, -0.05) is 0 Å². The van der Waals surface area contributed by atoms with Gasteiger partial charge in [-0.15, -0.1) is 0 Å². The predicted molar refractivity (Wildman–Crippen MR) is 46.8 cm³/mol. The predicted octanol–water partition coefficient (Wildman–Crippen LogP) is -0.116. The molecule has 1 unspecified atom stereocenters. The highest BCUT2D eigenvalue weighted by atomic mass is 16.5. The standard InChI is InChI=1S/C8H14O6/c1-13-4-5(9)3-6(10)7(11)8(12)14-2/h5,9-11H,3-4H2,1-2H3/b7-6-. The van der Waals surface area contributed by atoms with Crippen LogP contribution in [0.15, 0.2) is 11.5 Å². The van der Waals surface area contributed by atoms with Gasteiger partial charge in [-0.2, -0.15) is 0 Å². The number of ether oxygens (including phenoxy) is 2. The molecule has 0 aliphatic heterocycles. The van der Waals surface area contributed by atoms with Gasteiger partial charge in [0, 0.05) is 13.5 Å². The molecule has 0 aromatic rings. The van der Waals surface area contributed by atoms with E-state index >= 15 is 0 Å². The van der Waals surface area contributed by atoms with Gasteiger partial charge in [0.15, 0.2) is 0 Å². The van der Waals surface area contributed by atoms with E-state index in [1.165, 1.54) is 7.11 Å². The lowest BCUT2D eigenvalue weighted by molar-refractivity contribution is -0.139. The van der Waals surface area contributed by atoms with Crippen molar-refractivity contribution in [2.75, 3.05) is 20.8 Å². The van der Waals surface area contributed by atoms with Crippen molar-refractivity contribution in [1.82, 2.24) is 0 Å². The van der Waals surface area contributed by atoms with Crippen molar-refractivity contribution >= 4 is 5.97 Å². The first-order valence-corrected chi connectivity index (χ1v) is 3.89. The average molecular weight is 206 g/mol. The summed E-state index contributed by atoms with van der Waals surface area (Å²) >= 11 is 0. The molecule has 0 aromatic heterocycles. The molecule has 0 aromatic carbocycles. The number of carbonyl (C=O) groups is 1. The summed E-state index contributed by atoms with van der Waals surface area (Å²) in [5.41, 5.74) is 0. The zero-order valence-electron chi connectivity index (χ0n) is 8.06. The van der Waals surface area contributed by atoms with Crippen LogP contribution in [0.2, 0.25) is 0 Å². The van der Waals surface area contributed by atoms with E-state index in [2.05, 4.69) is 9.47 Å². The van der Waals surface area contributed by atoms with Gasteiger partial charge in [0.2, 0.25) is 5.76 Å². The lowest BCUT2D eigenvalue weighted by Crippen LogP contribution is -2.17. The smallest absolute Gasteiger partial charge is 0.376 e. The van der Waals surface area contributed by atoms with Crippen LogP contribution in [-0.2, 0) is 14.3 Å². The fourth-order valence-electron chi connectivity index (χ4n) is 0.786. The monoisotopic (exact) mass is 206 g/mol. The number of carbonyl (C=O) groups excluding carboxylic acids is 1. The lowest BCUT2D eigenvalue weighted by atomic mass is 10.2. The largest absolute Gasteiger partial charge is 0.508 e. The van der Waals surface area contributed by atoms with Crippen LogP contribution in [0.5, 0.6) is 0 Å². The Kier molecular flexibility index (Phi) is 5.66. The average Bonchev–Trinajstić information content (AvgIpc) is 2.15. The van der Waals surface area contributed by atoms with E-state index < -0.39 is 23.6 Å². The number of aliphatic hydroxyl groups is 3. The van der Waals surface area contributed by atoms with Crippen LogP contribution < -0.4 is 0 Å². The third-order valence-corrected chi connectivity index (χ3v) is 1.44. The van der Waals surface area contributed by atoms with Gasteiger partial charge in [0.25, 0.3) is 0 Å².